The molecule has 1 N–H and O–H groups in total. The quantitative estimate of drug-likeness (QED) is 0.636. The van der Waals surface area contributed by atoms with Crippen LogP contribution >= 0.6 is 30.9 Å². The van der Waals surface area contributed by atoms with Crippen LogP contribution in [0.1, 0.15) is 18.0 Å². The molecular weight excluding hydrogens is 318 g/mol. The van der Waals surface area contributed by atoms with Crippen LogP contribution in [0.2, 0.25) is 0 Å². The second-order valence-corrected chi connectivity index (χ2v) is 7.45. The Labute approximate surface area is 129 Å². The summed E-state index contributed by atoms with van der Waals surface area (Å²) in [5.41, 5.74) is 1.12. The number of halogens is 2. The van der Waals surface area contributed by atoms with Gasteiger partial charge in [0.1, 0.15) is 0 Å². The van der Waals surface area contributed by atoms with Gasteiger partial charge >= 0.3 is 7.67 Å². The van der Waals surface area contributed by atoms with Crippen molar-refractivity contribution in [2.75, 3.05) is 31.5 Å². The number of benzene rings is 1. The Balaban J connectivity index is 2.13. The van der Waals surface area contributed by atoms with Crippen LogP contribution in [0.3, 0.4) is 0 Å². The van der Waals surface area contributed by atoms with Crippen molar-refractivity contribution < 1.29 is 9.09 Å². The molecule has 2 rings (SSSR count). The highest BCUT2D eigenvalue weighted by Gasteiger charge is 2.37. The largest absolute Gasteiger partial charge is 0.344 e. The number of nitrogens with one attached hydrogen (secondary N) is 1. The van der Waals surface area contributed by atoms with Gasteiger partial charge in [0.05, 0.1) is 6.61 Å². The van der Waals surface area contributed by atoms with Gasteiger partial charge in [-0.1, -0.05) is 30.3 Å². The van der Waals surface area contributed by atoms with Gasteiger partial charge in [-0.25, -0.2) is 9.76 Å². The summed E-state index contributed by atoms with van der Waals surface area (Å²) in [5.74, 6) is 0.782. The van der Waals surface area contributed by atoms with Crippen molar-refractivity contribution in [3.63, 3.8) is 0 Å². The highest BCUT2D eigenvalue weighted by molar-refractivity contribution is 7.54. The number of rotatable bonds is 6. The van der Waals surface area contributed by atoms with E-state index in [0.29, 0.717) is 31.5 Å². The molecule has 1 saturated heterocycles. The van der Waals surface area contributed by atoms with E-state index in [2.05, 4.69) is 5.09 Å². The van der Waals surface area contributed by atoms with Gasteiger partial charge in [-0.2, -0.15) is 0 Å². The van der Waals surface area contributed by atoms with Gasteiger partial charge in [0.2, 0.25) is 0 Å². The summed E-state index contributed by atoms with van der Waals surface area (Å²) in [5, 5.41) is 3.16. The molecule has 0 aromatic heterocycles. The SMILES string of the molecule is O=P1(N(CCCl)CCCl)NC(c2ccccc2)CCO1. The van der Waals surface area contributed by atoms with Crippen LogP contribution in [0, 0.1) is 0 Å². The first kappa shape index (κ1) is 16.3. The molecule has 1 aromatic rings. The fourth-order valence-corrected chi connectivity index (χ4v) is 5.05. The molecule has 1 fully saturated rings. The maximum Gasteiger partial charge on any atom is 0.344 e. The summed E-state index contributed by atoms with van der Waals surface area (Å²) in [4.78, 5) is 0. The van der Waals surface area contributed by atoms with E-state index in [4.69, 9.17) is 27.7 Å². The van der Waals surface area contributed by atoms with E-state index < -0.39 is 7.67 Å². The van der Waals surface area contributed by atoms with Crippen molar-refractivity contribution in [1.29, 1.82) is 0 Å². The first-order valence-corrected chi connectivity index (χ1v) is 9.29. The average molecular weight is 337 g/mol. The second kappa shape index (κ2) is 7.79. The average Bonchev–Trinajstić information content (AvgIpc) is 2.48. The first-order chi connectivity index (χ1) is 9.69. The Bertz CT molecular complexity index is 455. The highest BCUT2D eigenvalue weighted by Crippen LogP contribution is 2.52. The molecule has 1 heterocycles. The molecule has 1 aliphatic heterocycles. The van der Waals surface area contributed by atoms with Gasteiger partial charge in [0.15, 0.2) is 0 Å². The zero-order valence-corrected chi connectivity index (χ0v) is 13.6. The van der Waals surface area contributed by atoms with E-state index in [0.717, 1.165) is 12.0 Å². The molecule has 0 spiro atoms. The molecule has 1 aliphatic rings. The molecule has 1 aromatic carbocycles. The molecular formula is C13H19Cl2N2O2P. The monoisotopic (exact) mass is 336 g/mol. The van der Waals surface area contributed by atoms with Crippen LogP contribution in [0.15, 0.2) is 30.3 Å². The van der Waals surface area contributed by atoms with Crippen molar-refractivity contribution in [3.05, 3.63) is 35.9 Å². The van der Waals surface area contributed by atoms with Crippen LogP contribution in [0.25, 0.3) is 0 Å². The highest BCUT2D eigenvalue weighted by atomic mass is 35.5. The van der Waals surface area contributed by atoms with E-state index in [1.807, 2.05) is 30.3 Å². The molecule has 0 radical (unpaired) electrons. The van der Waals surface area contributed by atoms with E-state index in [-0.39, 0.29) is 6.04 Å². The number of hydrogen-bond donors (Lipinski definition) is 1. The summed E-state index contributed by atoms with van der Waals surface area (Å²) in [7, 11) is -3.06. The Morgan fingerprint density at radius 3 is 2.50 bits per heavy atom. The minimum Gasteiger partial charge on any atom is -0.306 e. The second-order valence-electron chi connectivity index (χ2n) is 4.57. The molecule has 0 aliphatic carbocycles. The van der Waals surface area contributed by atoms with E-state index >= 15 is 0 Å². The number of alkyl halides is 2. The summed E-state index contributed by atoms with van der Waals surface area (Å²) in [6, 6.07) is 10.0. The fraction of sp³-hybridized carbons (Fsp3) is 0.538. The zero-order valence-electron chi connectivity index (χ0n) is 11.2. The maximum absolute atomic E-state index is 13.0. The minimum atomic E-state index is -3.06. The lowest BCUT2D eigenvalue weighted by Crippen LogP contribution is -2.37. The molecule has 2 atom stereocenters. The molecule has 2 unspecified atom stereocenters. The van der Waals surface area contributed by atoms with Crippen LogP contribution in [0.5, 0.6) is 0 Å². The number of hydrogen-bond acceptors (Lipinski definition) is 2. The Morgan fingerprint density at radius 1 is 1.25 bits per heavy atom. The van der Waals surface area contributed by atoms with Gasteiger partial charge in [0.25, 0.3) is 0 Å². The summed E-state index contributed by atoms with van der Waals surface area (Å²) in [6.45, 7) is 1.44. The van der Waals surface area contributed by atoms with E-state index in [9.17, 15) is 4.57 Å². The van der Waals surface area contributed by atoms with Gasteiger partial charge in [0, 0.05) is 30.9 Å². The summed E-state index contributed by atoms with van der Waals surface area (Å²) in [6.07, 6.45) is 0.795. The summed E-state index contributed by atoms with van der Waals surface area (Å²) < 4.78 is 20.2. The Morgan fingerprint density at radius 2 is 1.90 bits per heavy atom. The van der Waals surface area contributed by atoms with Crippen molar-refractivity contribution in [2.45, 2.75) is 12.5 Å². The predicted molar refractivity (Wildman–Crippen MR) is 83.5 cm³/mol. The minimum absolute atomic E-state index is 0.0314. The first-order valence-electron chi connectivity index (χ1n) is 6.64. The van der Waals surface area contributed by atoms with Crippen LogP contribution in [0.4, 0.5) is 0 Å². The van der Waals surface area contributed by atoms with Crippen LogP contribution < -0.4 is 5.09 Å². The molecule has 0 amide bonds. The number of nitrogens with zero attached hydrogens (tertiary/aromatic N) is 1. The van der Waals surface area contributed by atoms with Gasteiger partial charge in [-0.05, 0) is 12.0 Å². The summed E-state index contributed by atoms with van der Waals surface area (Å²) >= 11 is 11.6. The van der Waals surface area contributed by atoms with Crippen molar-refractivity contribution >= 4 is 30.9 Å². The molecule has 0 bridgehead atoms. The molecule has 20 heavy (non-hydrogen) atoms. The lowest BCUT2D eigenvalue weighted by atomic mass is 10.1. The predicted octanol–water partition coefficient (Wildman–Crippen LogP) is 3.63. The normalized spacial score (nSPS) is 26.9. The topological polar surface area (TPSA) is 41.6 Å². The maximum atomic E-state index is 13.0. The fourth-order valence-electron chi connectivity index (χ4n) is 2.25. The van der Waals surface area contributed by atoms with Crippen molar-refractivity contribution in [2.24, 2.45) is 0 Å². The lowest BCUT2D eigenvalue weighted by molar-refractivity contribution is 0.211. The van der Waals surface area contributed by atoms with Gasteiger partial charge < -0.3 is 4.52 Å². The third-order valence-corrected chi connectivity index (χ3v) is 5.90. The third kappa shape index (κ3) is 3.97. The zero-order chi connectivity index (χ0) is 14.4. The molecule has 0 saturated carbocycles. The van der Waals surface area contributed by atoms with Gasteiger partial charge in [-0.15, -0.1) is 23.2 Å². The van der Waals surface area contributed by atoms with Crippen molar-refractivity contribution in [3.8, 4) is 0 Å². The molecule has 112 valence electrons. The lowest BCUT2D eigenvalue weighted by Gasteiger charge is -2.37. The third-order valence-electron chi connectivity index (χ3n) is 3.25. The molecule has 4 nitrogen and oxygen atoms in total. The standard InChI is InChI=1S/C13H19Cl2N2O2P/c14-7-9-17(10-8-15)20(18)16-13(6-11-19-20)12-4-2-1-3-5-12/h1-5,13H,6-11H2,(H,16,18). The van der Waals surface area contributed by atoms with Crippen LogP contribution in [-0.4, -0.2) is 36.1 Å². The van der Waals surface area contributed by atoms with Gasteiger partial charge in [-0.3, -0.25) is 4.57 Å². The Hall–Kier alpha value is -0.0900. The van der Waals surface area contributed by atoms with Crippen molar-refractivity contribution in [1.82, 2.24) is 9.76 Å². The molecule has 7 heteroatoms. The smallest absolute Gasteiger partial charge is 0.306 e. The van der Waals surface area contributed by atoms with E-state index in [1.54, 1.807) is 4.67 Å². The Kier molecular flexibility index (Phi) is 6.34. The van der Waals surface area contributed by atoms with E-state index in [1.165, 1.54) is 0 Å². The van der Waals surface area contributed by atoms with Crippen LogP contribution in [-0.2, 0) is 9.09 Å².